The number of hydrogen-bond acceptors (Lipinski definition) is 4. The Balaban J connectivity index is 0. The van der Waals surface area contributed by atoms with Gasteiger partial charge >= 0.3 is 0 Å². The molecule has 0 spiro atoms. The van der Waals surface area contributed by atoms with Crippen molar-refractivity contribution in [3.8, 4) is 16.9 Å². The molecule has 0 aliphatic rings. The summed E-state index contributed by atoms with van der Waals surface area (Å²) in [6.07, 6.45) is 1.29. The fourth-order valence-corrected chi connectivity index (χ4v) is 1.92. The van der Waals surface area contributed by atoms with Crippen LogP contribution in [0.4, 0.5) is 0 Å². The topological polar surface area (TPSA) is 64.3 Å². The van der Waals surface area contributed by atoms with Gasteiger partial charge in [0.15, 0.2) is 0 Å². The Bertz CT molecular complexity index is 642. The molecule has 0 fully saturated rings. The summed E-state index contributed by atoms with van der Waals surface area (Å²) in [6, 6.07) is 7.43. The van der Waals surface area contributed by atoms with Crippen molar-refractivity contribution < 1.29 is 42.6 Å². The van der Waals surface area contributed by atoms with Gasteiger partial charge in [-0.15, -0.1) is 0 Å². The number of rotatable bonds is 4. The van der Waals surface area contributed by atoms with Crippen LogP contribution in [0.15, 0.2) is 35.3 Å². The molecule has 0 saturated heterocycles. The van der Waals surface area contributed by atoms with E-state index in [2.05, 4.69) is 5.10 Å². The predicted octanol–water partition coefficient (Wildman–Crippen LogP) is 3.04. The van der Waals surface area contributed by atoms with Crippen LogP contribution < -0.4 is 5.56 Å². The van der Waals surface area contributed by atoms with Gasteiger partial charge in [-0.3, -0.25) is 4.79 Å². The average Bonchev–Trinajstić information content (AvgIpc) is 2.50. The number of ether oxygens (including phenoxy) is 1. The molecule has 2 rings (SSSR count). The second-order valence-corrected chi connectivity index (χ2v) is 4.24. The zero-order valence-corrected chi connectivity index (χ0v) is 17.4. The van der Waals surface area contributed by atoms with Crippen LogP contribution in [0.5, 0.6) is 5.75 Å². The first kappa shape index (κ1) is 24.2. The maximum Gasteiger partial charge on any atom is 0.278 e. The van der Waals surface area contributed by atoms with Crippen molar-refractivity contribution in [2.75, 3.05) is 13.7 Å². The van der Waals surface area contributed by atoms with E-state index in [1.165, 1.54) is 10.9 Å². The van der Waals surface area contributed by atoms with Crippen molar-refractivity contribution in [3.63, 3.8) is 0 Å². The second kappa shape index (κ2) is 12.4. The number of aryl methyl sites for hydroxylation is 1. The fourth-order valence-electron chi connectivity index (χ4n) is 1.92. The summed E-state index contributed by atoms with van der Waals surface area (Å²) in [7, 11) is 1.56. The smallest absolute Gasteiger partial charge is 0.278 e. The number of aromatic nitrogens is 2. The molecule has 125 valence electrons. The van der Waals surface area contributed by atoms with E-state index in [0.29, 0.717) is 13.2 Å². The normalized spacial score (nSPS) is 9.04. The van der Waals surface area contributed by atoms with Crippen LogP contribution in [0, 0.1) is 14.4 Å². The number of benzene rings is 1. The Hall–Kier alpha value is -1.04. The molecule has 0 unspecified atom stereocenters. The summed E-state index contributed by atoms with van der Waals surface area (Å²) in [5.74, 6) is -0.104. The molecule has 1 aromatic carbocycles. The number of aromatic hydroxyl groups is 1. The Morgan fingerprint density at radius 1 is 1.26 bits per heavy atom. The molecule has 6 heteroatoms. The van der Waals surface area contributed by atoms with Crippen LogP contribution in [-0.2, 0) is 44.0 Å². The van der Waals surface area contributed by atoms with Gasteiger partial charge in [0, 0.05) is 39.8 Å². The standard InChI is InChI=1S/C14H16N2O3.C2H6.CH3.Y/c1-10-5-3-4-6-11(10)13-12(17)9-15-16(14(13)18)7-8-19-2;1-2;;/h3-6,9,17H,7-8H2,1-2H3;1-2H3;1H3;/q;;-1;. The fraction of sp³-hybridized carbons (Fsp3) is 0.353. The quantitative estimate of drug-likeness (QED) is 0.810. The van der Waals surface area contributed by atoms with Crippen LogP contribution in [0.1, 0.15) is 19.4 Å². The van der Waals surface area contributed by atoms with Gasteiger partial charge < -0.3 is 17.3 Å². The minimum atomic E-state index is -0.314. The maximum atomic E-state index is 12.3. The van der Waals surface area contributed by atoms with E-state index in [9.17, 15) is 9.90 Å². The summed E-state index contributed by atoms with van der Waals surface area (Å²) in [5, 5.41) is 13.8. The predicted molar refractivity (Wildman–Crippen MR) is 90.0 cm³/mol. The van der Waals surface area contributed by atoms with Gasteiger partial charge in [0.2, 0.25) is 0 Å². The number of methoxy groups -OCH3 is 1. The molecule has 23 heavy (non-hydrogen) atoms. The summed E-state index contributed by atoms with van der Waals surface area (Å²) >= 11 is 0. The largest absolute Gasteiger partial charge is 0.505 e. The van der Waals surface area contributed by atoms with E-state index < -0.39 is 0 Å². The molecule has 0 saturated carbocycles. The summed E-state index contributed by atoms with van der Waals surface area (Å²) in [4.78, 5) is 12.3. The number of nitrogens with zero attached hydrogens (tertiary/aromatic N) is 2. The Morgan fingerprint density at radius 3 is 2.43 bits per heavy atom. The molecule has 1 aromatic heterocycles. The molecule has 0 bridgehead atoms. The van der Waals surface area contributed by atoms with Crippen molar-refractivity contribution in [2.24, 2.45) is 0 Å². The van der Waals surface area contributed by atoms with E-state index in [-0.39, 0.29) is 57.0 Å². The van der Waals surface area contributed by atoms with Gasteiger partial charge in [0.25, 0.3) is 5.56 Å². The van der Waals surface area contributed by atoms with E-state index in [4.69, 9.17) is 4.74 Å². The van der Waals surface area contributed by atoms with Crippen molar-refractivity contribution in [3.05, 3.63) is 53.8 Å². The first-order valence-electron chi connectivity index (χ1n) is 6.99. The third kappa shape index (κ3) is 6.17. The van der Waals surface area contributed by atoms with Crippen molar-refractivity contribution >= 4 is 0 Å². The van der Waals surface area contributed by atoms with E-state index in [0.717, 1.165) is 11.1 Å². The van der Waals surface area contributed by atoms with Gasteiger partial charge in [-0.05, 0) is 18.1 Å². The molecule has 5 nitrogen and oxygen atoms in total. The summed E-state index contributed by atoms with van der Waals surface area (Å²) in [6.45, 7) is 6.65. The second-order valence-electron chi connectivity index (χ2n) is 4.24. The molecule has 0 aliphatic heterocycles. The Labute approximate surface area is 163 Å². The Kier molecular flexibility index (Phi) is 13.1. The van der Waals surface area contributed by atoms with Gasteiger partial charge in [0.1, 0.15) is 5.75 Å². The van der Waals surface area contributed by atoms with Gasteiger partial charge in [-0.1, -0.05) is 38.1 Å². The first-order valence-corrected chi connectivity index (χ1v) is 6.99. The van der Waals surface area contributed by atoms with Gasteiger partial charge in [0.05, 0.1) is 24.9 Å². The zero-order valence-electron chi connectivity index (χ0n) is 14.5. The van der Waals surface area contributed by atoms with Crippen LogP contribution in [-0.4, -0.2) is 28.6 Å². The van der Waals surface area contributed by atoms with E-state index >= 15 is 0 Å². The van der Waals surface area contributed by atoms with Crippen LogP contribution in [0.2, 0.25) is 0 Å². The third-order valence-corrected chi connectivity index (χ3v) is 2.95. The average molecular weight is 394 g/mol. The van der Waals surface area contributed by atoms with E-state index in [1.54, 1.807) is 7.11 Å². The van der Waals surface area contributed by atoms with Crippen molar-refractivity contribution in [1.29, 1.82) is 0 Å². The van der Waals surface area contributed by atoms with Crippen LogP contribution in [0.25, 0.3) is 11.1 Å². The minimum Gasteiger partial charge on any atom is -0.505 e. The van der Waals surface area contributed by atoms with Gasteiger partial charge in [-0.25, -0.2) is 4.68 Å². The van der Waals surface area contributed by atoms with Crippen molar-refractivity contribution in [1.82, 2.24) is 9.78 Å². The molecule has 0 atom stereocenters. The molecular weight excluding hydrogens is 369 g/mol. The van der Waals surface area contributed by atoms with E-state index in [1.807, 2.05) is 45.0 Å². The monoisotopic (exact) mass is 394 g/mol. The first-order chi connectivity index (χ1) is 10.1. The third-order valence-electron chi connectivity index (χ3n) is 2.95. The molecule has 0 aliphatic carbocycles. The molecule has 1 N–H and O–H groups in total. The molecule has 2 aromatic rings. The van der Waals surface area contributed by atoms with Crippen LogP contribution in [0.3, 0.4) is 0 Å². The Morgan fingerprint density at radius 2 is 1.87 bits per heavy atom. The minimum absolute atomic E-state index is 0. The number of hydrogen-bond donors (Lipinski definition) is 1. The SMILES string of the molecule is CC.COCCn1ncc(O)c(-c2ccccc2C)c1=O.[CH3-].[Y]. The van der Waals surface area contributed by atoms with Crippen LogP contribution >= 0.6 is 0 Å². The maximum absolute atomic E-state index is 12.3. The molecular formula is C17H25N2O3Y-. The van der Waals surface area contributed by atoms with Crippen molar-refractivity contribution in [2.45, 2.75) is 27.3 Å². The zero-order chi connectivity index (χ0) is 15.8. The molecule has 1 heterocycles. The van der Waals surface area contributed by atoms with Gasteiger partial charge in [-0.2, -0.15) is 5.10 Å². The summed E-state index contributed by atoms with van der Waals surface area (Å²) in [5.41, 5.74) is 1.62. The summed E-state index contributed by atoms with van der Waals surface area (Å²) < 4.78 is 6.23. The molecule has 0 amide bonds. The molecule has 1 radical (unpaired) electrons.